The molecule has 0 atom stereocenters. The van der Waals surface area contributed by atoms with E-state index in [0.29, 0.717) is 52.5 Å². The van der Waals surface area contributed by atoms with Gasteiger partial charge in [0, 0.05) is 12.1 Å². The van der Waals surface area contributed by atoms with E-state index in [-0.39, 0.29) is 6.61 Å². The third-order valence-electron chi connectivity index (χ3n) is 3.72. The first-order chi connectivity index (χ1) is 13.2. The van der Waals surface area contributed by atoms with Crippen LogP contribution in [-0.2, 0) is 16.1 Å². The molecule has 2 aromatic heterocycles. The number of furan rings is 1. The number of aromatic nitrogens is 1. The van der Waals surface area contributed by atoms with Gasteiger partial charge in [-0.05, 0) is 35.9 Å². The van der Waals surface area contributed by atoms with Gasteiger partial charge in [-0.2, -0.15) is 0 Å². The van der Waals surface area contributed by atoms with Crippen LogP contribution >= 0.6 is 11.6 Å². The van der Waals surface area contributed by atoms with E-state index < -0.39 is 5.97 Å². The summed E-state index contributed by atoms with van der Waals surface area (Å²) in [6.45, 7) is 0.892. The minimum Gasteiger partial charge on any atom is -0.486 e. The molecule has 0 aliphatic carbocycles. The third-order valence-corrected chi connectivity index (χ3v) is 4.00. The van der Waals surface area contributed by atoms with Crippen molar-refractivity contribution in [3.05, 3.63) is 59.0 Å². The van der Waals surface area contributed by atoms with Gasteiger partial charge in [-0.25, -0.2) is 4.79 Å². The van der Waals surface area contributed by atoms with E-state index >= 15 is 0 Å². The monoisotopic (exact) mass is 387 g/mol. The lowest BCUT2D eigenvalue weighted by Crippen LogP contribution is -2.15. The molecule has 7 nitrogen and oxygen atoms in total. The summed E-state index contributed by atoms with van der Waals surface area (Å²) in [6.07, 6.45) is 4.42. The molecular formula is C19H14ClNO6. The summed E-state index contributed by atoms with van der Waals surface area (Å²) >= 11 is 6.17. The van der Waals surface area contributed by atoms with Crippen molar-refractivity contribution in [2.45, 2.75) is 6.61 Å². The van der Waals surface area contributed by atoms with Gasteiger partial charge in [0.05, 0.1) is 11.3 Å². The van der Waals surface area contributed by atoms with Crippen molar-refractivity contribution in [3.8, 4) is 23.0 Å². The predicted octanol–water partition coefficient (Wildman–Crippen LogP) is 4.12. The van der Waals surface area contributed by atoms with E-state index in [4.69, 9.17) is 34.8 Å². The fourth-order valence-corrected chi connectivity index (χ4v) is 2.77. The zero-order valence-electron chi connectivity index (χ0n) is 14.0. The van der Waals surface area contributed by atoms with Crippen LogP contribution in [0.4, 0.5) is 0 Å². The highest BCUT2D eigenvalue weighted by atomic mass is 35.5. The Balaban J connectivity index is 1.36. The van der Waals surface area contributed by atoms with Gasteiger partial charge >= 0.3 is 5.97 Å². The molecule has 0 radical (unpaired) electrons. The summed E-state index contributed by atoms with van der Waals surface area (Å²) in [5.41, 5.74) is 1.17. The van der Waals surface area contributed by atoms with E-state index in [1.807, 2.05) is 0 Å². The maximum atomic E-state index is 11.9. The van der Waals surface area contributed by atoms with Crippen molar-refractivity contribution in [1.29, 1.82) is 0 Å². The second-order valence-corrected chi connectivity index (χ2v) is 6.03. The van der Waals surface area contributed by atoms with Crippen LogP contribution in [0.1, 0.15) is 11.3 Å². The fraction of sp³-hybridized carbons (Fsp3) is 0.158. The number of esters is 1. The fourth-order valence-electron chi connectivity index (χ4n) is 2.50. The van der Waals surface area contributed by atoms with Crippen molar-refractivity contribution in [3.63, 3.8) is 0 Å². The van der Waals surface area contributed by atoms with Crippen LogP contribution < -0.4 is 9.47 Å². The Morgan fingerprint density at radius 1 is 1.22 bits per heavy atom. The van der Waals surface area contributed by atoms with Gasteiger partial charge in [0.25, 0.3) is 0 Å². The highest BCUT2D eigenvalue weighted by molar-refractivity contribution is 6.32. The summed E-state index contributed by atoms with van der Waals surface area (Å²) in [5.74, 6) is 1.56. The summed E-state index contributed by atoms with van der Waals surface area (Å²) in [4.78, 5) is 11.9. The summed E-state index contributed by atoms with van der Waals surface area (Å²) < 4.78 is 26.5. The summed E-state index contributed by atoms with van der Waals surface area (Å²) in [7, 11) is 0. The third kappa shape index (κ3) is 3.98. The quantitative estimate of drug-likeness (QED) is 0.481. The van der Waals surface area contributed by atoms with E-state index in [2.05, 4.69) is 5.16 Å². The molecule has 138 valence electrons. The minimum atomic E-state index is -0.524. The van der Waals surface area contributed by atoms with Crippen LogP contribution in [0.15, 0.2) is 51.6 Å². The lowest BCUT2D eigenvalue weighted by atomic mass is 10.2. The highest BCUT2D eigenvalue weighted by Gasteiger charge is 2.16. The first kappa shape index (κ1) is 17.2. The van der Waals surface area contributed by atoms with Gasteiger partial charge in [-0.3, -0.25) is 0 Å². The van der Waals surface area contributed by atoms with E-state index in [1.165, 1.54) is 12.3 Å². The first-order valence-corrected chi connectivity index (χ1v) is 8.50. The lowest BCUT2D eigenvalue weighted by Gasteiger charge is -2.19. The topological polar surface area (TPSA) is 83.9 Å². The van der Waals surface area contributed by atoms with Gasteiger partial charge in [0.2, 0.25) is 5.76 Å². The highest BCUT2D eigenvalue weighted by Crippen LogP contribution is 2.38. The number of carbonyl (C=O) groups is 1. The molecule has 0 bridgehead atoms. The van der Waals surface area contributed by atoms with E-state index in [9.17, 15) is 4.79 Å². The van der Waals surface area contributed by atoms with Gasteiger partial charge in [-0.15, -0.1) is 0 Å². The Kier molecular flexibility index (Phi) is 4.84. The molecule has 0 fully saturated rings. The molecule has 3 aromatic rings. The molecule has 8 heteroatoms. The van der Waals surface area contributed by atoms with Crippen molar-refractivity contribution < 1.29 is 27.9 Å². The SMILES string of the molecule is O=C(/C=C/c1cc(Cl)c2c(c1)OCCO2)OCc1cc(-c2ccco2)on1. The molecule has 0 amide bonds. The average Bonchev–Trinajstić information content (AvgIpc) is 3.36. The zero-order chi connectivity index (χ0) is 18.6. The molecule has 0 N–H and O–H groups in total. The Hall–Kier alpha value is -3.19. The van der Waals surface area contributed by atoms with Crippen molar-refractivity contribution in [2.75, 3.05) is 13.2 Å². The zero-order valence-corrected chi connectivity index (χ0v) is 14.8. The average molecular weight is 388 g/mol. The number of hydrogen-bond acceptors (Lipinski definition) is 7. The number of fused-ring (bicyclic) bond motifs is 1. The molecule has 3 heterocycles. The maximum Gasteiger partial charge on any atom is 0.331 e. The molecule has 0 saturated heterocycles. The number of nitrogens with zero attached hydrogens (tertiary/aromatic N) is 1. The van der Waals surface area contributed by atoms with Crippen LogP contribution in [0.5, 0.6) is 11.5 Å². The van der Waals surface area contributed by atoms with Crippen molar-refractivity contribution in [1.82, 2.24) is 5.16 Å². The van der Waals surface area contributed by atoms with Gasteiger partial charge < -0.3 is 23.2 Å². The van der Waals surface area contributed by atoms with Crippen LogP contribution in [0.25, 0.3) is 17.6 Å². The Morgan fingerprint density at radius 3 is 2.96 bits per heavy atom. The molecule has 27 heavy (non-hydrogen) atoms. The Labute approximate surface area is 159 Å². The minimum absolute atomic E-state index is 0.0186. The number of ether oxygens (including phenoxy) is 3. The van der Waals surface area contributed by atoms with Crippen molar-refractivity contribution >= 4 is 23.6 Å². The molecule has 1 aliphatic heterocycles. The Bertz CT molecular complexity index is 976. The van der Waals surface area contributed by atoms with Gasteiger partial charge in [0.15, 0.2) is 17.3 Å². The predicted molar refractivity (Wildman–Crippen MR) is 95.5 cm³/mol. The summed E-state index contributed by atoms with van der Waals surface area (Å²) in [5, 5.41) is 4.26. The number of hydrogen-bond donors (Lipinski definition) is 0. The smallest absolute Gasteiger partial charge is 0.331 e. The molecule has 0 saturated carbocycles. The molecule has 1 aromatic carbocycles. The van der Waals surface area contributed by atoms with Gasteiger partial charge in [0.1, 0.15) is 25.5 Å². The van der Waals surface area contributed by atoms with E-state index in [0.717, 1.165) is 0 Å². The lowest BCUT2D eigenvalue weighted by molar-refractivity contribution is -0.139. The van der Waals surface area contributed by atoms with E-state index in [1.54, 1.807) is 36.4 Å². The maximum absolute atomic E-state index is 11.9. The molecular weight excluding hydrogens is 374 g/mol. The van der Waals surface area contributed by atoms with Crippen LogP contribution in [-0.4, -0.2) is 24.3 Å². The second-order valence-electron chi connectivity index (χ2n) is 5.63. The number of halogens is 1. The normalized spacial score (nSPS) is 13.1. The van der Waals surface area contributed by atoms with Crippen LogP contribution in [0, 0.1) is 0 Å². The standard InChI is InChI=1S/C19H14ClNO6/c20-14-8-12(9-17-19(14)25-7-6-24-17)3-4-18(22)26-11-13-10-16(27-21-13)15-2-1-5-23-15/h1-5,8-10H,6-7,11H2/b4-3+. The molecule has 4 rings (SSSR count). The van der Waals surface area contributed by atoms with Gasteiger partial charge in [-0.1, -0.05) is 16.8 Å². The first-order valence-electron chi connectivity index (χ1n) is 8.12. The second kappa shape index (κ2) is 7.59. The number of rotatable bonds is 5. The van der Waals surface area contributed by atoms with Crippen LogP contribution in [0.3, 0.4) is 0 Å². The largest absolute Gasteiger partial charge is 0.486 e. The Morgan fingerprint density at radius 2 is 2.11 bits per heavy atom. The number of carbonyl (C=O) groups excluding carboxylic acids is 1. The summed E-state index contributed by atoms with van der Waals surface area (Å²) in [6, 6.07) is 8.57. The van der Waals surface area contributed by atoms with Crippen LogP contribution in [0.2, 0.25) is 5.02 Å². The molecule has 0 spiro atoms. The molecule has 0 unspecified atom stereocenters. The van der Waals surface area contributed by atoms with Crippen molar-refractivity contribution in [2.24, 2.45) is 0 Å². The molecule has 1 aliphatic rings. The number of benzene rings is 1.